The van der Waals surface area contributed by atoms with E-state index < -0.39 is 29.8 Å². The van der Waals surface area contributed by atoms with Crippen molar-refractivity contribution < 1.29 is 18.8 Å². The van der Waals surface area contributed by atoms with Gasteiger partial charge in [0.1, 0.15) is 11.6 Å². The van der Waals surface area contributed by atoms with Crippen LogP contribution in [0.1, 0.15) is 11.3 Å². The van der Waals surface area contributed by atoms with Crippen LogP contribution in [0, 0.1) is 29.9 Å². The van der Waals surface area contributed by atoms with Crippen LogP contribution in [0.4, 0.5) is 8.78 Å². The second-order valence-electron chi connectivity index (χ2n) is 4.39. The fourth-order valence-corrected chi connectivity index (χ4v) is 1.98. The van der Waals surface area contributed by atoms with Crippen LogP contribution < -0.4 is 11.0 Å². The Morgan fingerprint density at radius 1 is 1.24 bits per heavy atom. The second kappa shape index (κ2) is 5.48. The number of nitrogens with zero attached hydrogens (tertiary/aromatic N) is 1. The van der Waals surface area contributed by atoms with Crippen LogP contribution in [0.3, 0.4) is 0 Å². The summed E-state index contributed by atoms with van der Waals surface area (Å²) in [5.74, 6) is -2.80. The smallest absolute Gasteiger partial charge is 0.423 e. The molecule has 0 unspecified atom stereocenters. The molecule has 0 aliphatic carbocycles. The molecule has 0 bridgehead atoms. The number of rotatable bonds is 2. The normalized spacial score (nSPS) is 10.3. The average molecular weight is 290 g/mol. The van der Waals surface area contributed by atoms with Gasteiger partial charge in [-0.25, -0.2) is 8.78 Å². The van der Waals surface area contributed by atoms with Gasteiger partial charge in [0, 0.05) is 22.3 Å². The molecule has 1 heterocycles. The molecule has 8 heteroatoms. The Labute approximate surface area is 118 Å². The molecule has 21 heavy (non-hydrogen) atoms. The fourth-order valence-electron chi connectivity index (χ4n) is 1.98. The Morgan fingerprint density at radius 3 is 2.48 bits per heavy atom. The van der Waals surface area contributed by atoms with Gasteiger partial charge in [0.25, 0.3) is 5.56 Å². The fraction of sp³-hybridized carbons (Fsp3) is 0.0769. The van der Waals surface area contributed by atoms with E-state index in [1.807, 2.05) is 0 Å². The lowest BCUT2D eigenvalue weighted by Gasteiger charge is -2.10. The Bertz CT molecular complexity index is 812. The predicted molar refractivity (Wildman–Crippen MR) is 71.7 cm³/mol. The van der Waals surface area contributed by atoms with E-state index in [2.05, 4.69) is 4.98 Å². The van der Waals surface area contributed by atoms with E-state index >= 15 is 0 Å². The summed E-state index contributed by atoms with van der Waals surface area (Å²) in [6.07, 6.45) is 0. The molecule has 106 valence electrons. The van der Waals surface area contributed by atoms with Crippen molar-refractivity contribution in [2.24, 2.45) is 0 Å². The molecule has 5 nitrogen and oxygen atoms in total. The monoisotopic (exact) mass is 290 g/mol. The second-order valence-corrected chi connectivity index (χ2v) is 4.39. The zero-order valence-electron chi connectivity index (χ0n) is 10.8. The summed E-state index contributed by atoms with van der Waals surface area (Å²) in [5.41, 5.74) is -1.68. The first kappa shape index (κ1) is 14.9. The third-order valence-corrected chi connectivity index (χ3v) is 2.96. The van der Waals surface area contributed by atoms with E-state index in [1.165, 1.54) is 13.0 Å². The number of nitrogens with one attached hydrogen (secondary N) is 1. The Morgan fingerprint density at radius 2 is 1.90 bits per heavy atom. The third kappa shape index (κ3) is 2.56. The summed E-state index contributed by atoms with van der Waals surface area (Å²) < 4.78 is 27.8. The summed E-state index contributed by atoms with van der Waals surface area (Å²) in [7, 11) is -2.16. The average Bonchev–Trinajstić information content (AvgIpc) is 2.40. The summed E-state index contributed by atoms with van der Waals surface area (Å²) in [4.78, 5) is 14.1. The Hall–Kier alpha value is -2.50. The van der Waals surface area contributed by atoms with E-state index in [0.29, 0.717) is 5.69 Å². The van der Waals surface area contributed by atoms with E-state index in [9.17, 15) is 13.6 Å². The van der Waals surface area contributed by atoms with Gasteiger partial charge in [0.05, 0.1) is 0 Å². The lowest BCUT2D eigenvalue weighted by atomic mass is 9.79. The number of pyridine rings is 1. The van der Waals surface area contributed by atoms with Crippen molar-refractivity contribution in [2.75, 3.05) is 0 Å². The molecule has 0 fully saturated rings. The molecule has 2 aromatic rings. The van der Waals surface area contributed by atoms with Crippen molar-refractivity contribution >= 4 is 12.6 Å². The number of aromatic nitrogens is 1. The van der Waals surface area contributed by atoms with Crippen LogP contribution in [0.15, 0.2) is 23.0 Å². The van der Waals surface area contributed by atoms with Crippen molar-refractivity contribution in [2.45, 2.75) is 6.92 Å². The summed E-state index contributed by atoms with van der Waals surface area (Å²) in [6, 6.07) is 5.05. The van der Waals surface area contributed by atoms with Crippen LogP contribution in [-0.2, 0) is 0 Å². The maximum atomic E-state index is 14.1. The van der Waals surface area contributed by atoms with Gasteiger partial charge in [-0.1, -0.05) is 12.1 Å². The third-order valence-electron chi connectivity index (χ3n) is 2.96. The molecule has 3 N–H and O–H groups in total. The highest BCUT2D eigenvalue weighted by Gasteiger charge is 2.23. The van der Waals surface area contributed by atoms with Gasteiger partial charge in [-0.2, -0.15) is 5.26 Å². The van der Waals surface area contributed by atoms with Gasteiger partial charge in [-0.05, 0) is 13.0 Å². The first-order valence-electron chi connectivity index (χ1n) is 5.85. The van der Waals surface area contributed by atoms with Crippen molar-refractivity contribution in [1.29, 1.82) is 5.26 Å². The number of hydrogen-bond donors (Lipinski definition) is 3. The van der Waals surface area contributed by atoms with E-state index in [1.54, 1.807) is 6.07 Å². The van der Waals surface area contributed by atoms with Crippen molar-refractivity contribution in [3.63, 3.8) is 0 Å². The number of H-pyrrole nitrogens is 1. The SMILES string of the molecule is Cc1cc(-c2ccc(B(O)O)c(F)c2F)c(C#N)c(=O)[nH]1. The topological polar surface area (TPSA) is 97.1 Å². The molecule has 0 atom stereocenters. The molecular formula is C13H9BF2N2O3. The molecule has 0 aliphatic heterocycles. The minimum atomic E-state index is -2.16. The Kier molecular flexibility index (Phi) is 3.89. The minimum Gasteiger partial charge on any atom is -0.423 e. The quantitative estimate of drug-likeness (QED) is 0.687. The highest BCUT2D eigenvalue weighted by Crippen LogP contribution is 2.25. The van der Waals surface area contributed by atoms with Gasteiger partial charge in [-0.15, -0.1) is 0 Å². The van der Waals surface area contributed by atoms with Crippen LogP contribution in [-0.4, -0.2) is 22.2 Å². The summed E-state index contributed by atoms with van der Waals surface area (Å²) >= 11 is 0. The molecule has 1 aromatic carbocycles. The predicted octanol–water partition coefficient (Wildman–Crippen LogP) is 0.180. The zero-order valence-corrected chi connectivity index (χ0v) is 10.8. The maximum absolute atomic E-state index is 14.1. The van der Waals surface area contributed by atoms with Gasteiger partial charge in [0.15, 0.2) is 11.6 Å². The largest absolute Gasteiger partial charge is 0.491 e. The number of hydrogen-bond acceptors (Lipinski definition) is 4. The van der Waals surface area contributed by atoms with Gasteiger partial charge >= 0.3 is 7.12 Å². The molecule has 1 aromatic heterocycles. The van der Waals surface area contributed by atoms with Crippen molar-refractivity contribution in [1.82, 2.24) is 4.98 Å². The lowest BCUT2D eigenvalue weighted by Crippen LogP contribution is -2.33. The molecule has 0 saturated heterocycles. The van der Waals surface area contributed by atoms with Crippen LogP contribution in [0.25, 0.3) is 11.1 Å². The zero-order chi connectivity index (χ0) is 15.7. The lowest BCUT2D eigenvalue weighted by molar-refractivity contribution is 0.420. The maximum Gasteiger partial charge on any atom is 0.491 e. The number of halogens is 2. The summed E-state index contributed by atoms with van der Waals surface area (Å²) in [5, 5.41) is 26.8. The van der Waals surface area contributed by atoms with Gasteiger partial charge in [-0.3, -0.25) is 4.79 Å². The highest BCUT2D eigenvalue weighted by molar-refractivity contribution is 6.58. The van der Waals surface area contributed by atoms with E-state index in [-0.39, 0.29) is 16.7 Å². The van der Waals surface area contributed by atoms with Gasteiger partial charge in [0.2, 0.25) is 0 Å². The molecule has 0 amide bonds. The highest BCUT2D eigenvalue weighted by atomic mass is 19.2. The standard InChI is InChI=1S/C13H9BF2N2O3/c1-6-4-8(9(5-17)13(19)18-6)7-2-3-10(14(20)21)12(16)11(7)15/h2-4,20-21H,1H3,(H,18,19). The molecule has 0 aliphatic rings. The molecule has 0 spiro atoms. The summed E-state index contributed by atoms with van der Waals surface area (Å²) in [6.45, 7) is 1.53. The van der Waals surface area contributed by atoms with Crippen LogP contribution >= 0.6 is 0 Å². The van der Waals surface area contributed by atoms with Crippen molar-refractivity contribution in [3.05, 3.63) is 51.4 Å². The minimum absolute atomic E-state index is 0.0610. The van der Waals surface area contributed by atoms with Gasteiger partial charge < -0.3 is 15.0 Å². The van der Waals surface area contributed by atoms with Crippen LogP contribution in [0.5, 0.6) is 0 Å². The molecule has 0 radical (unpaired) electrons. The number of aromatic amines is 1. The molecule has 0 saturated carbocycles. The first-order chi connectivity index (χ1) is 9.86. The Balaban J connectivity index is 2.78. The van der Waals surface area contributed by atoms with E-state index in [4.69, 9.17) is 15.3 Å². The van der Waals surface area contributed by atoms with Crippen molar-refractivity contribution in [3.8, 4) is 17.2 Å². The number of nitriles is 1. The number of benzene rings is 1. The molecule has 2 rings (SSSR count). The number of aryl methyl sites for hydroxylation is 1. The molecular weight excluding hydrogens is 281 g/mol. The van der Waals surface area contributed by atoms with E-state index in [0.717, 1.165) is 12.1 Å². The first-order valence-corrected chi connectivity index (χ1v) is 5.85. The van der Waals surface area contributed by atoms with Crippen LogP contribution in [0.2, 0.25) is 0 Å².